The van der Waals surface area contributed by atoms with Gasteiger partial charge in [0.1, 0.15) is 11.8 Å². The van der Waals surface area contributed by atoms with Crippen molar-refractivity contribution < 1.29 is 23.9 Å². The Morgan fingerprint density at radius 2 is 1.72 bits per heavy atom. The SMILES string of the molecule is CC(=O)CCC(NC(=O)CNC(=O)CNCc1ccccc1C)C(=O)OC(C)C. The van der Waals surface area contributed by atoms with Crippen LogP contribution >= 0.6 is 0 Å². The van der Waals surface area contributed by atoms with E-state index in [1.807, 2.05) is 31.2 Å². The van der Waals surface area contributed by atoms with E-state index in [1.54, 1.807) is 13.8 Å². The smallest absolute Gasteiger partial charge is 0.328 e. The van der Waals surface area contributed by atoms with Gasteiger partial charge in [-0.25, -0.2) is 4.79 Å². The highest BCUT2D eigenvalue weighted by molar-refractivity contribution is 5.89. The van der Waals surface area contributed by atoms with E-state index in [-0.39, 0.29) is 43.7 Å². The van der Waals surface area contributed by atoms with Gasteiger partial charge in [-0.15, -0.1) is 0 Å². The van der Waals surface area contributed by atoms with Crippen LogP contribution in [0.15, 0.2) is 24.3 Å². The highest BCUT2D eigenvalue weighted by atomic mass is 16.5. The van der Waals surface area contributed by atoms with Gasteiger partial charge in [0.2, 0.25) is 11.8 Å². The van der Waals surface area contributed by atoms with Gasteiger partial charge >= 0.3 is 5.97 Å². The molecule has 0 aliphatic rings. The molecule has 8 nitrogen and oxygen atoms in total. The van der Waals surface area contributed by atoms with Crippen molar-refractivity contribution in [3.05, 3.63) is 35.4 Å². The number of ether oxygens (including phenoxy) is 1. The van der Waals surface area contributed by atoms with Crippen molar-refractivity contribution in [2.24, 2.45) is 0 Å². The van der Waals surface area contributed by atoms with Crippen molar-refractivity contribution in [2.75, 3.05) is 13.1 Å². The van der Waals surface area contributed by atoms with Crippen LogP contribution in [0.25, 0.3) is 0 Å². The Labute approximate surface area is 171 Å². The molecule has 0 fully saturated rings. The van der Waals surface area contributed by atoms with Crippen LogP contribution in [-0.4, -0.2) is 48.8 Å². The van der Waals surface area contributed by atoms with Crippen LogP contribution in [0.2, 0.25) is 0 Å². The number of ketones is 1. The zero-order chi connectivity index (χ0) is 21.8. The summed E-state index contributed by atoms with van der Waals surface area (Å²) in [6, 6.07) is 6.93. The fraction of sp³-hybridized carbons (Fsp3) is 0.524. The number of aryl methyl sites for hydroxylation is 1. The van der Waals surface area contributed by atoms with E-state index in [2.05, 4.69) is 16.0 Å². The van der Waals surface area contributed by atoms with E-state index in [9.17, 15) is 19.2 Å². The van der Waals surface area contributed by atoms with E-state index >= 15 is 0 Å². The first kappa shape index (κ1) is 24.3. The molecule has 0 bridgehead atoms. The van der Waals surface area contributed by atoms with Crippen LogP contribution in [0, 0.1) is 6.92 Å². The van der Waals surface area contributed by atoms with Gasteiger partial charge in [-0.2, -0.15) is 0 Å². The van der Waals surface area contributed by atoms with Crippen LogP contribution in [0.3, 0.4) is 0 Å². The standard InChI is InChI=1S/C21H31N3O5/c1-14(2)29-21(28)18(10-9-16(4)25)24-20(27)13-23-19(26)12-22-11-17-8-6-5-7-15(17)3/h5-8,14,18,22H,9-13H2,1-4H3,(H,23,26)(H,24,27). The van der Waals surface area contributed by atoms with Gasteiger partial charge in [-0.3, -0.25) is 9.59 Å². The molecule has 160 valence electrons. The summed E-state index contributed by atoms with van der Waals surface area (Å²) < 4.78 is 5.11. The lowest BCUT2D eigenvalue weighted by molar-refractivity contribution is -0.151. The second-order valence-electron chi connectivity index (χ2n) is 7.15. The molecule has 1 rings (SSSR count). The lowest BCUT2D eigenvalue weighted by Gasteiger charge is -2.19. The van der Waals surface area contributed by atoms with E-state index in [1.165, 1.54) is 6.92 Å². The van der Waals surface area contributed by atoms with Gasteiger partial charge in [0.15, 0.2) is 0 Å². The fourth-order valence-electron chi connectivity index (χ4n) is 2.52. The summed E-state index contributed by atoms with van der Waals surface area (Å²) >= 11 is 0. The number of benzene rings is 1. The van der Waals surface area contributed by atoms with Crippen molar-refractivity contribution in [1.29, 1.82) is 0 Å². The number of carbonyl (C=O) groups excluding carboxylic acids is 4. The van der Waals surface area contributed by atoms with Crippen LogP contribution in [0.4, 0.5) is 0 Å². The average Bonchev–Trinajstić information content (AvgIpc) is 2.64. The molecule has 29 heavy (non-hydrogen) atoms. The minimum atomic E-state index is -0.926. The molecule has 0 aliphatic carbocycles. The van der Waals surface area contributed by atoms with Crippen LogP contribution in [-0.2, 0) is 30.5 Å². The summed E-state index contributed by atoms with van der Waals surface area (Å²) in [5, 5.41) is 8.05. The molecule has 0 spiro atoms. The van der Waals surface area contributed by atoms with Gasteiger partial charge < -0.3 is 25.5 Å². The summed E-state index contributed by atoms with van der Waals surface area (Å²) in [5.41, 5.74) is 2.22. The van der Waals surface area contributed by atoms with Gasteiger partial charge in [0.25, 0.3) is 0 Å². The number of carbonyl (C=O) groups is 4. The molecule has 0 aromatic heterocycles. The van der Waals surface area contributed by atoms with E-state index in [4.69, 9.17) is 4.74 Å². The Balaban J connectivity index is 2.41. The molecule has 1 atom stereocenters. The Morgan fingerprint density at radius 1 is 1.03 bits per heavy atom. The number of hydrogen-bond donors (Lipinski definition) is 3. The lowest BCUT2D eigenvalue weighted by atomic mass is 10.1. The number of hydrogen-bond acceptors (Lipinski definition) is 6. The molecule has 1 unspecified atom stereocenters. The Bertz CT molecular complexity index is 718. The maximum absolute atomic E-state index is 12.1. The average molecular weight is 405 g/mol. The Hall–Kier alpha value is -2.74. The maximum Gasteiger partial charge on any atom is 0.328 e. The van der Waals surface area contributed by atoms with E-state index < -0.39 is 17.9 Å². The first-order valence-corrected chi connectivity index (χ1v) is 9.70. The molecule has 1 aromatic rings. The molecule has 1 aromatic carbocycles. The minimum Gasteiger partial charge on any atom is -0.461 e. The molecule has 0 aliphatic heterocycles. The van der Waals surface area contributed by atoms with Crippen molar-refractivity contribution in [1.82, 2.24) is 16.0 Å². The largest absolute Gasteiger partial charge is 0.461 e. The van der Waals surface area contributed by atoms with Gasteiger partial charge in [0.05, 0.1) is 19.2 Å². The highest BCUT2D eigenvalue weighted by Crippen LogP contribution is 2.06. The summed E-state index contributed by atoms with van der Waals surface area (Å²) in [6.45, 7) is 7.14. The fourth-order valence-corrected chi connectivity index (χ4v) is 2.52. The zero-order valence-corrected chi connectivity index (χ0v) is 17.5. The van der Waals surface area contributed by atoms with Crippen LogP contribution < -0.4 is 16.0 Å². The Kier molecular flexibility index (Phi) is 10.6. The molecule has 2 amide bonds. The first-order chi connectivity index (χ1) is 13.7. The molecular formula is C21H31N3O5. The number of nitrogens with one attached hydrogen (secondary N) is 3. The van der Waals surface area contributed by atoms with Crippen molar-refractivity contribution >= 4 is 23.6 Å². The van der Waals surface area contributed by atoms with E-state index in [0.717, 1.165) is 11.1 Å². The summed E-state index contributed by atoms with van der Waals surface area (Å²) in [5.74, 6) is -1.54. The quantitative estimate of drug-likeness (QED) is 0.447. The minimum absolute atomic E-state index is 0.0603. The molecule has 3 N–H and O–H groups in total. The monoisotopic (exact) mass is 405 g/mol. The third-order valence-corrected chi connectivity index (χ3v) is 4.07. The third-order valence-electron chi connectivity index (χ3n) is 4.07. The second kappa shape index (κ2) is 12.7. The van der Waals surface area contributed by atoms with Crippen LogP contribution in [0.5, 0.6) is 0 Å². The van der Waals surface area contributed by atoms with Gasteiger partial charge in [-0.1, -0.05) is 24.3 Å². The summed E-state index contributed by atoms with van der Waals surface area (Å²) in [4.78, 5) is 47.3. The molecule has 0 heterocycles. The lowest BCUT2D eigenvalue weighted by Crippen LogP contribution is -2.47. The van der Waals surface area contributed by atoms with Crippen molar-refractivity contribution in [2.45, 2.75) is 59.2 Å². The molecule has 0 saturated carbocycles. The maximum atomic E-state index is 12.1. The van der Waals surface area contributed by atoms with Crippen molar-refractivity contribution in [3.8, 4) is 0 Å². The van der Waals surface area contributed by atoms with Crippen LogP contribution in [0.1, 0.15) is 44.7 Å². The number of rotatable bonds is 12. The van der Waals surface area contributed by atoms with E-state index in [0.29, 0.717) is 6.54 Å². The Morgan fingerprint density at radius 3 is 2.34 bits per heavy atom. The summed E-state index contributed by atoms with van der Waals surface area (Å²) in [7, 11) is 0. The molecular weight excluding hydrogens is 374 g/mol. The van der Waals surface area contributed by atoms with Gasteiger partial charge in [-0.05, 0) is 45.2 Å². The normalized spacial score (nSPS) is 11.6. The molecule has 0 saturated heterocycles. The zero-order valence-electron chi connectivity index (χ0n) is 17.5. The second-order valence-corrected chi connectivity index (χ2v) is 7.15. The first-order valence-electron chi connectivity index (χ1n) is 9.70. The molecule has 0 radical (unpaired) electrons. The molecule has 8 heteroatoms. The number of amides is 2. The van der Waals surface area contributed by atoms with Crippen molar-refractivity contribution in [3.63, 3.8) is 0 Å². The number of esters is 1. The predicted molar refractivity (Wildman–Crippen MR) is 109 cm³/mol. The predicted octanol–water partition coefficient (Wildman–Crippen LogP) is 1.01. The summed E-state index contributed by atoms with van der Waals surface area (Å²) in [6.07, 6.45) is -0.0374. The van der Waals surface area contributed by atoms with Gasteiger partial charge in [0, 0.05) is 13.0 Å². The topological polar surface area (TPSA) is 114 Å². The third kappa shape index (κ3) is 10.4. The number of Topliss-reactive ketones (excluding diaryl/α,β-unsaturated/α-hetero) is 1. The highest BCUT2D eigenvalue weighted by Gasteiger charge is 2.23.